The Labute approximate surface area is 194 Å². The number of unbranched alkanes of at least 4 members (excludes halogenated alkanes) is 14. The molecule has 0 saturated heterocycles. The summed E-state index contributed by atoms with van der Waals surface area (Å²) in [4.78, 5) is 11.7. The Bertz CT molecular complexity index is 473. The molecule has 1 N–H and O–H groups in total. The number of phenols is 1. The second-order valence-corrected chi connectivity index (χ2v) is 7.67. The first-order chi connectivity index (χ1) is 13.2. The van der Waals surface area contributed by atoms with Gasteiger partial charge in [0, 0.05) is 6.42 Å². The van der Waals surface area contributed by atoms with Crippen LogP contribution >= 0.6 is 0 Å². The zero-order chi connectivity index (χ0) is 19.6. The summed E-state index contributed by atoms with van der Waals surface area (Å²) in [5.74, 6) is 0.492. The second kappa shape index (κ2) is 19.8. The Kier molecular flexibility index (Phi) is 19.4. The fourth-order valence-electron chi connectivity index (χ4n) is 3.34. The maximum atomic E-state index is 11.7. The van der Waals surface area contributed by atoms with Crippen LogP contribution in [0.25, 0.3) is 0 Å². The molecule has 3 nitrogen and oxygen atoms in total. The van der Waals surface area contributed by atoms with E-state index in [2.05, 4.69) is 6.92 Å². The number of esters is 1. The Balaban J connectivity index is 0.00000729. The molecule has 1 rings (SSSR count). The third-order valence-corrected chi connectivity index (χ3v) is 5.05. The second-order valence-electron chi connectivity index (χ2n) is 7.67. The van der Waals surface area contributed by atoms with E-state index in [1.54, 1.807) is 12.1 Å². The summed E-state index contributed by atoms with van der Waals surface area (Å²) >= 11 is 0. The summed E-state index contributed by atoms with van der Waals surface area (Å²) in [6.07, 6.45) is 20.3. The van der Waals surface area contributed by atoms with Crippen molar-refractivity contribution < 1.29 is 14.6 Å². The Morgan fingerprint density at radius 3 is 1.54 bits per heavy atom. The van der Waals surface area contributed by atoms with Gasteiger partial charge in [0.05, 0.1) is 0 Å². The van der Waals surface area contributed by atoms with Gasteiger partial charge in [-0.25, -0.2) is 0 Å². The van der Waals surface area contributed by atoms with E-state index in [1.807, 2.05) is 0 Å². The Morgan fingerprint density at radius 1 is 0.714 bits per heavy atom. The van der Waals surface area contributed by atoms with Gasteiger partial charge < -0.3 is 9.84 Å². The Hall–Kier alpha value is -0.510. The van der Waals surface area contributed by atoms with E-state index >= 15 is 0 Å². The molecular formula is C24H41NaO3. The third-order valence-electron chi connectivity index (χ3n) is 5.05. The predicted molar refractivity (Wildman–Crippen MR) is 120 cm³/mol. The fourth-order valence-corrected chi connectivity index (χ4v) is 3.34. The molecule has 0 aliphatic heterocycles. The van der Waals surface area contributed by atoms with Gasteiger partial charge in [0.15, 0.2) is 0 Å². The molecule has 156 valence electrons. The molecule has 0 heterocycles. The number of hydrogen-bond acceptors (Lipinski definition) is 3. The molecular weight excluding hydrogens is 359 g/mol. The van der Waals surface area contributed by atoms with Crippen LogP contribution in [0.1, 0.15) is 110 Å². The zero-order valence-corrected chi connectivity index (χ0v) is 17.4. The molecule has 0 fully saturated rings. The summed E-state index contributed by atoms with van der Waals surface area (Å²) in [6.45, 7) is 2.27. The number of carbonyl (C=O) groups excluding carboxylic acids is 1. The molecule has 4 heteroatoms. The number of phenolic OH excluding ortho intramolecular Hbond substituents is 1. The molecule has 1 aromatic carbocycles. The molecule has 0 radical (unpaired) electrons. The standard InChI is InChI=1S/C24H40O3.Na.H/c1-2-3-4-5-6-7-8-9-10-11-12-13-14-15-16-17-24(26)27-23-20-18-22(25)19-21-23;;/h18-21,25H,2-17H2,1H3;;. The first-order valence-corrected chi connectivity index (χ1v) is 11.2. The van der Waals surface area contributed by atoms with Gasteiger partial charge in [0.1, 0.15) is 11.5 Å². The molecule has 0 aliphatic carbocycles. The van der Waals surface area contributed by atoms with Gasteiger partial charge in [-0.15, -0.1) is 0 Å². The van der Waals surface area contributed by atoms with Crippen molar-refractivity contribution in [2.24, 2.45) is 0 Å². The average molecular weight is 401 g/mol. The van der Waals surface area contributed by atoms with Crippen molar-refractivity contribution >= 4 is 35.5 Å². The van der Waals surface area contributed by atoms with Crippen molar-refractivity contribution in [3.05, 3.63) is 24.3 Å². The van der Waals surface area contributed by atoms with E-state index in [1.165, 1.54) is 95.6 Å². The van der Waals surface area contributed by atoms with Gasteiger partial charge in [-0.05, 0) is 30.7 Å². The van der Waals surface area contributed by atoms with E-state index in [0.29, 0.717) is 12.2 Å². The molecule has 0 aliphatic rings. The molecule has 0 aromatic heterocycles. The van der Waals surface area contributed by atoms with E-state index in [4.69, 9.17) is 4.74 Å². The minimum absolute atomic E-state index is 0. The summed E-state index contributed by atoms with van der Waals surface area (Å²) in [7, 11) is 0. The van der Waals surface area contributed by atoms with E-state index in [9.17, 15) is 9.90 Å². The molecule has 1 aromatic rings. The molecule has 0 spiro atoms. The van der Waals surface area contributed by atoms with E-state index < -0.39 is 0 Å². The van der Waals surface area contributed by atoms with Crippen molar-refractivity contribution in [1.82, 2.24) is 0 Å². The summed E-state index contributed by atoms with van der Waals surface area (Å²) < 4.78 is 5.24. The molecule has 0 atom stereocenters. The topological polar surface area (TPSA) is 46.5 Å². The van der Waals surface area contributed by atoms with Gasteiger partial charge >= 0.3 is 35.5 Å². The first kappa shape index (κ1) is 27.5. The molecule has 0 bridgehead atoms. The molecule has 0 unspecified atom stereocenters. The normalized spacial score (nSPS) is 10.5. The van der Waals surface area contributed by atoms with Crippen LogP contribution in [0, 0.1) is 0 Å². The van der Waals surface area contributed by atoms with Crippen LogP contribution in [0.15, 0.2) is 24.3 Å². The predicted octanol–water partition coefficient (Wildman–Crippen LogP) is 6.91. The quantitative estimate of drug-likeness (QED) is 0.134. The van der Waals surface area contributed by atoms with Gasteiger partial charge in [0.2, 0.25) is 0 Å². The zero-order valence-electron chi connectivity index (χ0n) is 17.4. The number of aromatic hydroxyl groups is 1. The minimum atomic E-state index is -0.185. The van der Waals surface area contributed by atoms with Crippen LogP contribution in [0.2, 0.25) is 0 Å². The van der Waals surface area contributed by atoms with Gasteiger partial charge in [0.25, 0.3) is 0 Å². The fraction of sp³-hybridized carbons (Fsp3) is 0.708. The number of benzene rings is 1. The van der Waals surface area contributed by atoms with Crippen LogP contribution in [0.3, 0.4) is 0 Å². The molecule has 0 saturated carbocycles. The van der Waals surface area contributed by atoms with Crippen molar-refractivity contribution in [2.45, 2.75) is 110 Å². The molecule has 28 heavy (non-hydrogen) atoms. The summed E-state index contributed by atoms with van der Waals surface area (Å²) in [6, 6.07) is 6.27. The van der Waals surface area contributed by atoms with Gasteiger partial charge in [-0.2, -0.15) is 0 Å². The third kappa shape index (κ3) is 16.4. The van der Waals surface area contributed by atoms with Crippen LogP contribution in [0.5, 0.6) is 11.5 Å². The monoisotopic (exact) mass is 400 g/mol. The number of ether oxygens (including phenoxy) is 1. The number of carbonyl (C=O) groups is 1. The van der Waals surface area contributed by atoms with Gasteiger partial charge in [-0.1, -0.05) is 96.8 Å². The average Bonchev–Trinajstić information content (AvgIpc) is 2.66. The van der Waals surface area contributed by atoms with Crippen LogP contribution in [-0.4, -0.2) is 40.6 Å². The number of rotatable bonds is 17. The van der Waals surface area contributed by atoms with Crippen LogP contribution in [-0.2, 0) is 4.79 Å². The van der Waals surface area contributed by atoms with E-state index in [0.717, 1.165) is 12.8 Å². The molecule has 0 amide bonds. The SMILES string of the molecule is CCCCCCCCCCCCCCCCCC(=O)Oc1ccc(O)cc1.[NaH]. The van der Waals surface area contributed by atoms with Crippen molar-refractivity contribution in [1.29, 1.82) is 0 Å². The van der Waals surface area contributed by atoms with Crippen LogP contribution in [0.4, 0.5) is 0 Å². The van der Waals surface area contributed by atoms with Crippen molar-refractivity contribution in [3.63, 3.8) is 0 Å². The summed E-state index contributed by atoms with van der Waals surface area (Å²) in [5, 5.41) is 9.20. The Morgan fingerprint density at radius 2 is 1.11 bits per heavy atom. The van der Waals surface area contributed by atoms with Crippen molar-refractivity contribution in [2.75, 3.05) is 0 Å². The van der Waals surface area contributed by atoms with Crippen molar-refractivity contribution in [3.8, 4) is 11.5 Å². The maximum absolute atomic E-state index is 11.7. The first-order valence-electron chi connectivity index (χ1n) is 11.2. The number of hydrogen-bond donors (Lipinski definition) is 1. The van der Waals surface area contributed by atoms with Crippen LogP contribution < -0.4 is 4.74 Å². The van der Waals surface area contributed by atoms with E-state index in [-0.39, 0.29) is 41.3 Å². The summed E-state index contributed by atoms with van der Waals surface area (Å²) in [5.41, 5.74) is 0. The van der Waals surface area contributed by atoms with Gasteiger partial charge in [-0.3, -0.25) is 4.79 Å².